The number of phenolic OH excluding ortho intramolecular Hbond substituents is 1. The summed E-state index contributed by atoms with van der Waals surface area (Å²) in [6.45, 7) is 3.68. The highest BCUT2D eigenvalue weighted by molar-refractivity contribution is 5.83. The van der Waals surface area contributed by atoms with Gasteiger partial charge < -0.3 is 20.3 Å². The van der Waals surface area contributed by atoms with Crippen molar-refractivity contribution in [3.63, 3.8) is 0 Å². The molecule has 3 fully saturated rings. The van der Waals surface area contributed by atoms with Crippen molar-refractivity contribution >= 4 is 5.91 Å². The van der Waals surface area contributed by atoms with Crippen LogP contribution in [-0.2, 0) is 16.6 Å². The van der Waals surface area contributed by atoms with Crippen LogP contribution in [0.3, 0.4) is 0 Å². The minimum atomic E-state index is -0.980. The highest BCUT2D eigenvalue weighted by Gasteiger charge is 2.73. The van der Waals surface area contributed by atoms with Crippen LogP contribution in [0.25, 0.3) is 0 Å². The van der Waals surface area contributed by atoms with Crippen LogP contribution in [0.1, 0.15) is 61.6 Å². The summed E-state index contributed by atoms with van der Waals surface area (Å²) in [5.74, 6) is 0.232. The number of ether oxygens (including phenoxy) is 1. The number of piperidine rings is 1. The van der Waals surface area contributed by atoms with Gasteiger partial charge in [-0.25, -0.2) is 4.39 Å². The van der Waals surface area contributed by atoms with E-state index in [1.54, 1.807) is 25.1 Å². The minimum Gasteiger partial charge on any atom is -0.504 e. The van der Waals surface area contributed by atoms with Crippen molar-refractivity contribution in [2.24, 2.45) is 5.92 Å². The van der Waals surface area contributed by atoms with Crippen LogP contribution in [0, 0.1) is 11.7 Å². The number of likely N-dealkylation sites (tertiary alicyclic amines) is 1. The molecule has 3 unspecified atom stereocenters. The minimum absolute atomic E-state index is 0.00353. The van der Waals surface area contributed by atoms with Gasteiger partial charge in [0.25, 0.3) is 0 Å². The number of hydrogen-bond donors (Lipinski definition) is 3. The number of amides is 1. The van der Waals surface area contributed by atoms with Gasteiger partial charge in [0.1, 0.15) is 11.9 Å². The summed E-state index contributed by atoms with van der Waals surface area (Å²) >= 11 is 0. The quantitative estimate of drug-likeness (QED) is 0.596. The molecule has 2 aromatic carbocycles. The van der Waals surface area contributed by atoms with Crippen LogP contribution in [0.2, 0.25) is 0 Å². The van der Waals surface area contributed by atoms with Crippen LogP contribution < -0.4 is 10.1 Å². The monoisotopic (exact) mass is 492 g/mol. The number of aliphatic hydroxyl groups is 1. The highest BCUT2D eigenvalue weighted by atomic mass is 19.1. The normalized spacial score (nSPS) is 35.0. The first-order valence-corrected chi connectivity index (χ1v) is 13.4. The molecule has 1 amide bonds. The first-order valence-electron chi connectivity index (χ1n) is 13.4. The Morgan fingerprint density at radius 3 is 2.86 bits per heavy atom. The molecule has 7 rings (SSSR count). The summed E-state index contributed by atoms with van der Waals surface area (Å²) in [5.41, 5.74) is 1.07. The molecule has 2 bridgehead atoms. The third-order valence-electron chi connectivity index (χ3n) is 9.83. The molecule has 2 aromatic rings. The van der Waals surface area contributed by atoms with E-state index >= 15 is 0 Å². The number of carbonyl (C=O) groups is 1. The summed E-state index contributed by atoms with van der Waals surface area (Å²) in [5, 5.41) is 26.5. The van der Waals surface area contributed by atoms with E-state index in [1.165, 1.54) is 25.0 Å². The molecule has 2 saturated carbocycles. The van der Waals surface area contributed by atoms with Crippen molar-refractivity contribution in [2.75, 3.05) is 13.1 Å². The lowest BCUT2D eigenvalue weighted by atomic mass is 9.48. The summed E-state index contributed by atoms with van der Waals surface area (Å²) in [6, 6.07) is 9.53. The second-order valence-electron chi connectivity index (χ2n) is 11.7. The van der Waals surface area contributed by atoms with Crippen LogP contribution in [0.15, 0.2) is 36.4 Å². The molecule has 3 N–H and O–H groups in total. The average Bonchev–Trinajstić information content (AvgIpc) is 3.60. The molecular weight excluding hydrogens is 459 g/mol. The van der Waals surface area contributed by atoms with E-state index in [0.717, 1.165) is 43.0 Å². The Kier molecular flexibility index (Phi) is 4.81. The van der Waals surface area contributed by atoms with Gasteiger partial charge in [-0.1, -0.05) is 18.2 Å². The molecule has 36 heavy (non-hydrogen) atoms. The average molecular weight is 493 g/mol. The van der Waals surface area contributed by atoms with E-state index in [4.69, 9.17) is 4.74 Å². The molecule has 1 spiro atoms. The Morgan fingerprint density at radius 2 is 2.08 bits per heavy atom. The number of rotatable bonds is 5. The van der Waals surface area contributed by atoms with Gasteiger partial charge in [-0.2, -0.15) is 0 Å². The van der Waals surface area contributed by atoms with Crippen molar-refractivity contribution in [2.45, 2.75) is 80.6 Å². The van der Waals surface area contributed by atoms with Crippen molar-refractivity contribution in [3.8, 4) is 11.5 Å². The predicted molar refractivity (Wildman–Crippen MR) is 132 cm³/mol. The van der Waals surface area contributed by atoms with E-state index in [0.29, 0.717) is 24.2 Å². The molecular formula is C29H33FN2O4. The highest BCUT2D eigenvalue weighted by Crippen LogP contribution is 2.65. The molecule has 2 aliphatic heterocycles. The molecule has 1 saturated heterocycles. The van der Waals surface area contributed by atoms with Gasteiger partial charge in [0.2, 0.25) is 5.91 Å². The van der Waals surface area contributed by atoms with Crippen LogP contribution in [0.5, 0.6) is 11.5 Å². The number of phenols is 1. The Balaban J connectivity index is 1.25. The van der Waals surface area contributed by atoms with Crippen LogP contribution in [-0.4, -0.2) is 57.9 Å². The summed E-state index contributed by atoms with van der Waals surface area (Å²) < 4.78 is 20.3. The Hall–Kier alpha value is -2.64. The van der Waals surface area contributed by atoms with Crippen molar-refractivity contribution in [1.29, 1.82) is 0 Å². The lowest BCUT2D eigenvalue weighted by Gasteiger charge is -2.64. The first kappa shape index (κ1) is 22.5. The molecule has 190 valence electrons. The number of carbonyl (C=O) groups excluding carboxylic acids is 1. The summed E-state index contributed by atoms with van der Waals surface area (Å²) in [6.07, 6.45) is 4.70. The van der Waals surface area contributed by atoms with E-state index < -0.39 is 23.0 Å². The van der Waals surface area contributed by atoms with Gasteiger partial charge in [0.05, 0.1) is 23.0 Å². The molecule has 7 heteroatoms. The van der Waals surface area contributed by atoms with Gasteiger partial charge in [-0.05, 0) is 87.2 Å². The van der Waals surface area contributed by atoms with Gasteiger partial charge in [-0.3, -0.25) is 9.69 Å². The zero-order valence-electron chi connectivity index (χ0n) is 20.5. The standard InChI is InChI=1S/C29H33FN2O4/c1-16(18-3-2-4-20(30)13-18)27(34)31-21-9-10-29(35)23-14-19-7-8-22(33)25-24(19)28(29,26(21)36-25)11-12-32(23)15-17-5-6-17/h2-4,7-8,13,16-17,21,23,26,33,35H,5-6,9-12,14-15H2,1H3,(H,31,34)/t16?,21?,23-,26?,28+,29-/m1/s1. The number of nitrogens with one attached hydrogen (secondary N) is 1. The van der Waals surface area contributed by atoms with Crippen molar-refractivity contribution < 1.29 is 24.1 Å². The third-order valence-corrected chi connectivity index (χ3v) is 9.83. The molecule has 6 atom stereocenters. The number of hydrogen-bond acceptors (Lipinski definition) is 5. The Labute approximate surface area is 210 Å². The predicted octanol–water partition coefficient (Wildman–Crippen LogP) is 3.38. The Morgan fingerprint density at radius 1 is 1.25 bits per heavy atom. The van der Waals surface area contributed by atoms with Gasteiger partial charge >= 0.3 is 0 Å². The second kappa shape index (κ2) is 7.68. The molecule has 0 radical (unpaired) electrons. The maximum atomic E-state index is 13.8. The zero-order valence-corrected chi connectivity index (χ0v) is 20.5. The molecule has 5 aliphatic rings. The van der Waals surface area contributed by atoms with Crippen LogP contribution in [0.4, 0.5) is 4.39 Å². The zero-order chi connectivity index (χ0) is 24.8. The maximum Gasteiger partial charge on any atom is 0.227 e. The fourth-order valence-electron chi connectivity index (χ4n) is 7.86. The molecule has 0 aromatic heterocycles. The number of aromatic hydroxyl groups is 1. The summed E-state index contributed by atoms with van der Waals surface area (Å²) in [7, 11) is 0. The lowest BCUT2D eigenvalue weighted by Crippen LogP contribution is -2.78. The Bertz CT molecular complexity index is 1250. The maximum absolute atomic E-state index is 13.8. The van der Waals surface area contributed by atoms with E-state index in [1.807, 2.05) is 6.07 Å². The SMILES string of the molecule is CC(C(=O)NC1CC[C@@]2(O)[C@H]3Cc4ccc(O)c5c4[C@@]2(CCN3CC2CC2)C1O5)c1cccc(F)c1. The van der Waals surface area contributed by atoms with Gasteiger partial charge in [0.15, 0.2) is 11.5 Å². The van der Waals surface area contributed by atoms with Crippen molar-refractivity contribution in [3.05, 3.63) is 58.9 Å². The lowest BCUT2D eigenvalue weighted by molar-refractivity contribution is -0.192. The van der Waals surface area contributed by atoms with E-state index in [-0.39, 0.29) is 29.6 Å². The second-order valence-corrected chi connectivity index (χ2v) is 11.7. The van der Waals surface area contributed by atoms with Crippen LogP contribution >= 0.6 is 0 Å². The fourth-order valence-corrected chi connectivity index (χ4v) is 7.86. The molecule has 2 heterocycles. The number of halogens is 1. The smallest absolute Gasteiger partial charge is 0.227 e. The van der Waals surface area contributed by atoms with E-state index in [2.05, 4.69) is 10.2 Å². The molecule has 3 aliphatic carbocycles. The largest absolute Gasteiger partial charge is 0.504 e. The third kappa shape index (κ3) is 2.99. The van der Waals surface area contributed by atoms with E-state index in [9.17, 15) is 19.4 Å². The number of nitrogens with zero attached hydrogens (tertiary/aromatic N) is 1. The number of benzene rings is 2. The first-order chi connectivity index (χ1) is 17.3. The van der Waals surface area contributed by atoms with Crippen molar-refractivity contribution in [1.82, 2.24) is 10.2 Å². The topological polar surface area (TPSA) is 82.0 Å². The summed E-state index contributed by atoms with van der Waals surface area (Å²) in [4.78, 5) is 15.8. The fraction of sp³-hybridized carbons (Fsp3) is 0.552. The van der Waals surface area contributed by atoms with Gasteiger partial charge in [-0.15, -0.1) is 0 Å². The van der Waals surface area contributed by atoms with Gasteiger partial charge in [0, 0.05) is 18.2 Å². The molecule has 6 nitrogen and oxygen atoms in total.